The SMILES string of the molecule is CCN(CC)c1ccc(CNC(C)C)cc1F. The van der Waals surface area contributed by atoms with Gasteiger partial charge in [-0.1, -0.05) is 19.9 Å². The number of rotatable bonds is 6. The smallest absolute Gasteiger partial charge is 0.146 e. The van der Waals surface area contributed by atoms with Gasteiger partial charge in [0.05, 0.1) is 5.69 Å². The molecule has 0 aromatic heterocycles. The largest absolute Gasteiger partial charge is 0.370 e. The van der Waals surface area contributed by atoms with Crippen LogP contribution >= 0.6 is 0 Å². The zero-order chi connectivity index (χ0) is 12.8. The first-order chi connectivity index (χ1) is 8.08. The van der Waals surface area contributed by atoms with Crippen molar-refractivity contribution in [2.75, 3.05) is 18.0 Å². The topological polar surface area (TPSA) is 15.3 Å². The Labute approximate surface area is 104 Å². The van der Waals surface area contributed by atoms with Crippen molar-refractivity contribution in [2.24, 2.45) is 0 Å². The first-order valence-electron chi connectivity index (χ1n) is 6.35. The summed E-state index contributed by atoms with van der Waals surface area (Å²) in [5.74, 6) is -0.128. The summed E-state index contributed by atoms with van der Waals surface area (Å²) in [7, 11) is 0. The number of nitrogens with zero attached hydrogens (tertiary/aromatic N) is 1. The van der Waals surface area contributed by atoms with Crippen molar-refractivity contribution in [1.82, 2.24) is 5.32 Å². The predicted molar refractivity (Wildman–Crippen MR) is 71.9 cm³/mol. The minimum absolute atomic E-state index is 0.128. The predicted octanol–water partition coefficient (Wildman–Crippen LogP) is 3.17. The van der Waals surface area contributed by atoms with Crippen LogP contribution in [0.4, 0.5) is 10.1 Å². The van der Waals surface area contributed by atoms with Crippen molar-refractivity contribution in [3.05, 3.63) is 29.6 Å². The molecular formula is C14H23FN2. The highest BCUT2D eigenvalue weighted by Crippen LogP contribution is 2.20. The van der Waals surface area contributed by atoms with Crippen LogP contribution in [0.25, 0.3) is 0 Å². The molecule has 0 bridgehead atoms. The number of benzene rings is 1. The monoisotopic (exact) mass is 238 g/mol. The molecule has 0 aliphatic carbocycles. The van der Waals surface area contributed by atoms with Crippen LogP contribution in [0.5, 0.6) is 0 Å². The Hall–Kier alpha value is -1.09. The molecule has 17 heavy (non-hydrogen) atoms. The summed E-state index contributed by atoms with van der Waals surface area (Å²) in [4.78, 5) is 2.02. The molecular weight excluding hydrogens is 215 g/mol. The quantitative estimate of drug-likeness (QED) is 0.819. The van der Waals surface area contributed by atoms with Gasteiger partial charge in [0, 0.05) is 25.7 Å². The van der Waals surface area contributed by atoms with Crippen LogP contribution < -0.4 is 10.2 Å². The third-order valence-electron chi connectivity index (χ3n) is 2.83. The minimum Gasteiger partial charge on any atom is -0.370 e. The van der Waals surface area contributed by atoms with Gasteiger partial charge in [0.1, 0.15) is 5.82 Å². The Morgan fingerprint density at radius 1 is 1.24 bits per heavy atom. The van der Waals surface area contributed by atoms with E-state index in [-0.39, 0.29) is 5.82 Å². The zero-order valence-corrected chi connectivity index (χ0v) is 11.3. The normalized spacial score (nSPS) is 10.9. The zero-order valence-electron chi connectivity index (χ0n) is 11.3. The maximum Gasteiger partial charge on any atom is 0.146 e. The molecule has 0 aliphatic heterocycles. The summed E-state index contributed by atoms with van der Waals surface area (Å²) in [6, 6.07) is 5.91. The van der Waals surface area contributed by atoms with E-state index in [0.29, 0.717) is 18.3 Å². The summed E-state index contributed by atoms with van der Waals surface area (Å²) in [5.41, 5.74) is 1.69. The number of nitrogens with one attached hydrogen (secondary N) is 1. The van der Waals surface area contributed by atoms with Gasteiger partial charge in [0.2, 0.25) is 0 Å². The van der Waals surface area contributed by atoms with Crippen LogP contribution in [0.2, 0.25) is 0 Å². The van der Waals surface area contributed by atoms with Crippen LogP contribution in [0, 0.1) is 5.82 Å². The molecule has 0 saturated heterocycles. The fourth-order valence-electron chi connectivity index (χ4n) is 1.80. The van der Waals surface area contributed by atoms with Crippen molar-refractivity contribution in [3.63, 3.8) is 0 Å². The van der Waals surface area contributed by atoms with E-state index >= 15 is 0 Å². The van der Waals surface area contributed by atoms with E-state index in [1.807, 2.05) is 30.9 Å². The molecule has 1 N–H and O–H groups in total. The van der Waals surface area contributed by atoms with Gasteiger partial charge in [-0.2, -0.15) is 0 Å². The van der Waals surface area contributed by atoms with Gasteiger partial charge in [-0.25, -0.2) is 4.39 Å². The molecule has 1 aromatic rings. The van der Waals surface area contributed by atoms with Crippen molar-refractivity contribution in [3.8, 4) is 0 Å². The molecule has 0 aliphatic rings. The van der Waals surface area contributed by atoms with Crippen LogP contribution in [0.15, 0.2) is 18.2 Å². The molecule has 3 heteroatoms. The Kier molecular flexibility index (Phi) is 5.42. The maximum absolute atomic E-state index is 13.9. The van der Waals surface area contributed by atoms with Crippen LogP contribution in [-0.4, -0.2) is 19.1 Å². The summed E-state index contributed by atoms with van der Waals surface area (Å²) in [5, 5.41) is 3.29. The Morgan fingerprint density at radius 3 is 2.35 bits per heavy atom. The third kappa shape index (κ3) is 4.00. The van der Waals surface area contributed by atoms with E-state index in [0.717, 1.165) is 18.7 Å². The minimum atomic E-state index is -0.128. The molecule has 0 unspecified atom stereocenters. The third-order valence-corrected chi connectivity index (χ3v) is 2.83. The Balaban J connectivity index is 2.78. The molecule has 0 spiro atoms. The van der Waals surface area contributed by atoms with Gasteiger partial charge >= 0.3 is 0 Å². The van der Waals surface area contributed by atoms with E-state index in [9.17, 15) is 4.39 Å². The van der Waals surface area contributed by atoms with Crippen molar-refractivity contribution in [1.29, 1.82) is 0 Å². The first kappa shape index (κ1) is 14.0. The van der Waals surface area contributed by atoms with Crippen molar-refractivity contribution >= 4 is 5.69 Å². The second kappa shape index (κ2) is 6.60. The number of halogens is 1. The van der Waals surface area contributed by atoms with Crippen molar-refractivity contribution < 1.29 is 4.39 Å². The van der Waals surface area contributed by atoms with E-state index in [4.69, 9.17) is 0 Å². The van der Waals surface area contributed by atoms with Gasteiger partial charge in [-0.15, -0.1) is 0 Å². The molecule has 0 amide bonds. The molecule has 0 fully saturated rings. The average Bonchev–Trinajstić information content (AvgIpc) is 2.30. The van der Waals surface area contributed by atoms with E-state index in [2.05, 4.69) is 19.2 Å². The summed E-state index contributed by atoms with van der Waals surface area (Å²) in [6.07, 6.45) is 0. The Morgan fingerprint density at radius 2 is 1.88 bits per heavy atom. The average molecular weight is 238 g/mol. The van der Waals surface area contributed by atoms with E-state index in [1.165, 1.54) is 0 Å². The van der Waals surface area contributed by atoms with Gasteiger partial charge in [0.15, 0.2) is 0 Å². The number of anilines is 1. The van der Waals surface area contributed by atoms with Crippen LogP contribution in [0.1, 0.15) is 33.3 Å². The van der Waals surface area contributed by atoms with Crippen LogP contribution in [0.3, 0.4) is 0 Å². The summed E-state index contributed by atoms with van der Waals surface area (Å²) in [6.45, 7) is 10.6. The first-order valence-corrected chi connectivity index (χ1v) is 6.35. The molecule has 0 saturated carbocycles. The van der Waals surface area contributed by atoms with Gasteiger partial charge in [-0.05, 0) is 31.5 Å². The fourth-order valence-corrected chi connectivity index (χ4v) is 1.80. The fraction of sp³-hybridized carbons (Fsp3) is 0.571. The molecule has 1 rings (SSSR count). The molecule has 0 radical (unpaired) electrons. The number of hydrogen-bond acceptors (Lipinski definition) is 2. The van der Waals surface area contributed by atoms with Gasteiger partial charge < -0.3 is 10.2 Å². The van der Waals surface area contributed by atoms with E-state index in [1.54, 1.807) is 6.07 Å². The molecule has 0 atom stereocenters. The van der Waals surface area contributed by atoms with Gasteiger partial charge in [-0.3, -0.25) is 0 Å². The highest BCUT2D eigenvalue weighted by atomic mass is 19.1. The highest BCUT2D eigenvalue weighted by Gasteiger charge is 2.08. The maximum atomic E-state index is 13.9. The molecule has 0 heterocycles. The lowest BCUT2D eigenvalue weighted by Crippen LogP contribution is -2.24. The second-order valence-corrected chi connectivity index (χ2v) is 4.49. The Bertz CT molecular complexity index is 346. The standard InChI is InChI=1S/C14H23FN2/c1-5-17(6-2)14-8-7-12(9-13(14)15)10-16-11(3)4/h7-9,11,16H,5-6,10H2,1-4H3. The molecule has 1 aromatic carbocycles. The van der Waals surface area contributed by atoms with E-state index < -0.39 is 0 Å². The highest BCUT2D eigenvalue weighted by molar-refractivity contribution is 5.49. The van der Waals surface area contributed by atoms with Crippen LogP contribution in [-0.2, 0) is 6.54 Å². The molecule has 2 nitrogen and oxygen atoms in total. The second-order valence-electron chi connectivity index (χ2n) is 4.49. The summed E-state index contributed by atoms with van der Waals surface area (Å²) >= 11 is 0. The van der Waals surface area contributed by atoms with Crippen molar-refractivity contribution in [2.45, 2.75) is 40.3 Å². The van der Waals surface area contributed by atoms with Gasteiger partial charge in [0.25, 0.3) is 0 Å². The molecule has 96 valence electrons. The summed E-state index contributed by atoms with van der Waals surface area (Å²) < 4.78 is 13.9. The lowest BCUT2D eigenvalue weighted by atomic mass is 10.1. The lowest BCUT2D eigenvalue weighted by Gasteiger charge is -2.22. The number of hydrogen-bond donors (Lipinski definition) is 1. The lowest BCUT2D eigenvalue weighted by molar-refractivity contribution is 0.580.